The van der Waals surface area contributed by atoms with E-state index in [1.165, 1.54) is 22.4 Å². The monoisotopic (exact) mass is 386 g/mol. The van der Waals surface area contributed by atoms with Crippen LogP contribution in [0.1, 0.15) is 60.2 Å². The van der Waals surface area contributed by atoms with E-state index in [1.807, 2.05) is 29.1 Å². The molecular weight excluding hydrogens is 356 g/mol. The summed E-state index contributed by atoms with van der Waals surface area (Å²) in [6.45, 7) is 9.61. The Hall–Kier alpha value is -2.72. The van der Waals surface area contributed by atoms with E-state index in [0.29, 0.717) is 17.9 Å². The van der Waals surface area contributed by atoms with E-state index in [-0.39, 0.29) is 0 Å². The van der Waals surface area contributed by atoms with Gasteiger partial charge in [-0.05, 0) is 49.4 Å². The van der Waals surface area contributed by atoms with Gasteiger partial charge >= 0.3 is 0 Å². The minimum Gasteiger partial charge on any atom is -0.306 e. The van der Waals surface area contributed by atoms with Crippen molar-refractivity contribution in [3.63, 3.8) is 0 Å². The molecule has 2 unspecified atom stereocenters. The number of hydrogen-bond donors (Lipinski definition) is 1. The first-order valence-corrected chi connectivity index (χ1v) is 10.5. The van der Waals surface area contributed by atoms with Crippen LogP contribution in [0.25, 0.3) is 5.82 Å². The van der Waals surface area contributed by atoms with Gasteiger partial charge in [0.25, 0.3) is 0 Å². The summed E-state index contributed by atoms with van der Waals surface area (Å²) in [5.41, 5.74) is 6.33. The van der Waals surface area contributed by atoms with Crippen molar-refractivity contribution in [3.05, 3.63) is 88.9 Å². The molecule has 1 N–H and O–H groups in total. The van der Waals surface area contributed by atoms with Crippen LogP contribution in [0.5, 0.6) is 0 Å². The quantitative estimate of drug-likeness (QED) is 0.592. The maximum Gasteiger partial charge on any atom is 0.153 e. The predicted octanol–water partition coefficient (Wildman–Crippen LogP) is 5.21. The molecule has 2 heterocycles. The van der Waals surface area contributed by atoms with Crippen LogP contribution in [0.2, 0.25) is 0 Å². The minimum atomic E-state index is 0.391. The topological polar surface area (TPSA) is 42.7 Å². The number of nitrogens with one attached hydrogen (secondary N) is 1. The summed E-state index contributed by atoms with van der Waals surface area (Å²) in [6.07, 6.45) is 7.53. The Morgan fingerprint density at radius 2 is 1.86 bits per heavy atom. The number of aryl methyl sites for hydroxylation is 1. The number of nitrogens with zero attached hydrogens (tertiary/aromatic N) is 3. The Balaban J connectivity index is 1.41. The average molecular weight is 387 g/mol. The van der Waals surface area contributed by atoms with Gasteiger partial charge in [-0.2, -0.15) is 5.10 Å². The number of benzene rings is 1. The summed E-state index contributed by atoms with van der Waals surface area (Å²) in [5.74, 6) is 1.85. The van der Waals surface area contributed by atoms with Crippen LogP contribution in [-0.2, 0) is 6.54 Å². The average Bonchev–Trinajstić information content (AvgIpc) is 3.31. The highest BCUT2D eigenvalue weighted by molar-refractivity contribution is 5.38. The van der Waals surface area contributed by atoms with Gasteiger partial charge in [0.15, 0.2) is 5.82 Å². The molecule has 2 aromatic heterocycles. The molecule has 0 saturated heterocycles. The molecule has 0 amide bonds. The van der Waals surface area contributed by atoms with E-state index < -0.39 is 0 Å². The number of aromatic nitrogens is 3. The maximum absolute atomic E-state index is 4.77. The molecular formula is C25H30N4. The van der Waals surface area contributed by atoms with Gasteiger partial charge in [-0.15, -0.1) is 0 Å². The molecule has 29 heavy (non-hydrogen) atoms. The molecule has 0 radical (unpaired) electrons. The van der Waals surface area contributed by atoms with Gasteiger partial charge < -0.3 is 5.32 Å². The molecule has 1 aromatic carbocycles. The molecule has 2 atom stereocenters. The number of rotatable bonds is 6. The number of pyridine rings is 1. The third-order valence-corrected chi connectivity index (χ3v) is 5.88. The van der Waals surface area contributed by atoms with Crippen LogP contribution < -0.4 is 5.32 Å². The second-order valence-electron chi connectivity index (χ2n) is 8.30. The van der Waals surface area contributed by atoms with Crippen molar-refractivity contribution >= 4 is 0 Å². The van der Waals surface area contributed by atoms with Gasteiger partial charge in [0, 0.05) is 36.0 Å². The van der Waals surface area contributed by atoms with Crippen LogP contribution in [-0.4, -0.2) is 20.8 Å². The van der Waals surface area contributed by atoms with Crippen LogP contribution in [0.15, 0.2) is 60.8 Å². The summed E-state index contributed by atoms with van der Waals surface area (Å²) >= 11 is 0. The van der Waals surface area contributed by atoms with Crippen molar-refractivity contribution in [2.24, 2.45) is 0 Å². The summed E-state index contributed by atoms with van der Waals surface area (Å²) in [7, 11) is 0. The van der Waals surface area contributed by atoms with E-state index in [2.05, 4.69) is 74.4 Å². The largest absolute Gasteiger partial charge is 0.306 e. The zero-order valence-electron chi connectivity index (χ0n) is 17.8. The van der Waals surface area contributed by atoms with E-state index >= 15 is 0 Å². The maximum atomic E-state index is 4.77. The predicted molar refractivity (Wildman–Crippen MR) is 118 cm³/mol. The molecule has 0 bridgehead atoms. The molecule has 0 fully saturated rings. The Kier molecular flexibility index (Phi) is 5.63. The Morgan fingerprint density at radius 1 is 1.07 bits per heavy atom. The lowest BCUT2D eigenvalue weighted by Gasteiger charge is -2.15. The lowest BCUT2D eigenvalue weighted by Crippen LogP contribution is -2.25. The Morgan fingerprint density at radius 3 is 2.55 bits per heavy atom. The van der Waals surface area contributed by atoms with E-state index in [0.717, 1.165) is 24.5 Å². The SMILES string of the molecule is Cc1nn(-c2ccccn2)c(C)c1C1C=CC(NCc2ccc(C(C)C)cc2)C1. The molecule has 4 rings (SSSR count). The highest BCUT2D eigenvalue weighted by Crippen LogP contribution is 2.33. The fraction of sp³-hybridized carbons (Fsp3) is 0.360. The van der Waals surface area contributed by atoms with Gasteiger partial charge in [0.05, 0.1) is 5.69 Å². The first-order chi connectivity index (χ1) is 14.0. The number of hydrogen-bond acceptors (Lipinski definition) is 3. The highest BCUT2D eigenvalue weighted by Gasteiger charge is 2.26. The summed E-state index contributed by atoms with van der Waals surface area (Å²) in [6, 6.07) is 15.3. The Bertz CT molecular complexity index is 984. The second-order valence-corrected chi connectivity index (χ2v) is 8.30. The minimum absolute atomic E-state index is 0.391. The smallest absolute Gasteiger partial charge is 0.153 e. The summed E-state index contributed by atoms with van der Waals surface area (Å²) in [5, 5.41) is 8.46. The van der Waals surface area contributed by atoms with Crippen LogP contribution >= 0.6 is 0 Å². The van der Waals surface area contributed by atoms with Gasteiger partial charge in [0.2, 0.25) is 0 Å². The zero-order chi connectivity index (χ0) is 20.4. The fourth-order valence-electron chi connectivity index (χ4n) is 4.23. The van der Waals surface area contributed by atoms with Crippen molar-refractivity contribution in [1.29, 1.82) is 0 Å². The third-order valence-electron chi connectivity index (χ3n) is 5.88. The van der Waals surface area contributed by atoms with Crippen molar-refractivity contribution in [2.75, 3.05) is 0 Å². The van der Waals surface area contributed by atoms with Gasteiger partial charge in [0.1, 0.15) is 0 Å². The third kappa shape index (κ3) is 4.18. The fourth-order valence-corrected chi connectivity index (χ4v) is 4.23. The molecule has 1 aliphatic carbocycles. The standard InChI is InChI=1S/C25H30N4/c1-17(2)21-10-8-20(9-11-21)16-27-23-13-12-22(15-23)25-18(3)28-29(19(25)4)24-7-5-6-14-26-24/h5-14,17,22-23,27H,15-16H2,1-4H3. The summed E-state index contributed by atoms with van der Waals surface area (Å²) < 4.78 is 1.97. The second kappa shape index (κ2) is 8.34. The van der Waals surface area contributed by atoms with E-state index in [1.54, 1.807) is 0 Å². The lowest BCUT2D eigenvalue weighted by molar-refractivity contribution is 0.559. The highest BCUT2D eigenvalue weighted by atomic mass is 15.3. The van der Waals surface area contributed by atoms with Crippen molar-refractivity contribution in [2.45, 2.75) is 58.5 Å². The summed E-state index contributed by atoms with van der Waals surface area (Å²) in [4.78, 5) is 4.46. The molecule has 0 spiro atoms. The van der Waals surface area contributed by atoms with Crippen molar-refractivity contribution < 1.29 is 0 Å². The van der Waals surface area contributed by atoms with Gasteiger partial charge in [-0.25, -0.2) is 9.67 Å². The van der Waals surface area contributed by atoms with Crippen LogP contribution in [0.3, 0.4) is 0 Å². The van der Waals surface area contributed by atoms with E-state index in [4.69, 9.17) is 5.10 Å². The van der Waals surface area contributed by atoms with Gasteiger partial charge in [-0.1, -0.05) is 56.3 Å². The van der Waals surface area contributed by atoms with Crippen LogP contribution in [0.4, 0.5) is 0 Å². The zero-order valence-corrected chi connectivity index (χ0v) is 17.8. The number of allylic oxidation sites excluding steroid dienone is 1. The first kappa shape index (κ1) is 19.6. The lowest BCUT2D eigenvalue weighted by atomic mass is 9.96. The van der Waals surface area contributed by atoms with E-state index in [9.17, 15) is 0 Å². The van der Waals surface area contributed by atoms with Gasteiger partial charge in [-0.3, -0.25) is 0 Å². The van der Waals surface area contributed by atoms with Crippen molar-refractivity contribution in [3.8, 4) is 5.82 Å². The Labute approximate surface area is 173 Å². The molecule has 0 saturated carbocycles. The van der Waals surface area contributed by atoms with Crippen molar-refractivity contribution in [1.82, 2.24) is 20.1 Å². The molecule has 1 aliphatic rings. The molecule has 0 aliphatic heterocycles. The molecule has 4 nitrogen and oxygen atoms in total. The normalized spacial score (nSPS) is 18.7. The molecule has 4 heteroatoms. The van der Waals surface area contributed by atoms with Crippen LogP contribution in [0, 0.1) is 13.8 Å². The molecule has 150 valence electrons. The molecule has 3 aromatic rings. The first-order valence-electron chi connectivity index (χ1n) is 10.5.